The van der Waals surface area contributed by atoms with Crippen LogP contribution in [-0.2, 0) is 11.2 Å². The van der Waals surface area contributed by atoms with Crippen LogP contribution in [0, 0.1) is 5.92 Å². The lowest BCUT2D eigenvalue weighted by Gasteiger charge is -2.16. The van der Waals surface area contributed by atoms with Crippen molar-refractivity contribution in [2.45, 2.75) is 32.3 Å². The van der Waals surface area contributed by atoms with Crippen LogP contribution in [0.15, 0.2) is 4.47 Å². The van der Waals surface area contributed by atoms with E-state index in [0.717, 1.165) is 28.2 Å². The van der Waals surface area contributed by atoms with Crippen molar-refractivity contribution < 1.29 is 4.74 Å². The van der Waals surface area contributed by atoms with Crippen LogP contribution in [0.4, 0.5) is 5.82 Å². The molecule has 1 aromatic heterocycles. The Morgan fingerprint density at radius 2 is 2.18 bits per heavy atom. The highest BCUT2D eigenvalue weighted by Gasteiger charge is 2.35. The lowest BCUT2D eigenvalue weighted by Crippen LogP contribution is -2.12. The van der Waals surface area contributed by atoms with Gasteiger partial charge in [-0.1, -0.05) is 6.92 Å². The van der Waals surface area contributed by atoms with E-state index in [2.05, 4.69) is 38.1 Å². The molecule has 2 rings (SSSR count). The fourth-order valence-corrected chi connectivity index (χ4v) is 2.60. The highest BCUT2D eigenvalue weighted by molar-refractivity contribution is 9.10. The van der Waals surface area contributed by atoms with E-state index in [4.69, 9.17) is 4.74 Å². The standard InChI is InChI=1S/C12H18BrN3O/c1-4-8-9(13)11(14-2)16-12(15-8)10(17-3)7-5-6-7/h7,10H,4-6H2,1-3H3,(H,14,15,16). The summed E-state index contributed by atoms with van der Waals surface area (Å²) in [6.07, 6.45) is 3.36. The van der Waals surface area contributed by atoms with E-state index in [1.807, 2.05) is 7.05 Å². The number of halogens is 1. The molecular formula is C12H18BrN3O. The van der Waals surface area contributed by atoms with E-state index >= 15 is 0 Å². The average molecular weight is 300 g/mol. The van der Waals surface area contributed by atoms with E-state index in [-0.39, 0.29) is 6.10 Å². The smallest absolute Gasteiger partial charge is 0.160 e. The molecule has 4 nitrogen and oxygen atoms in total. The number of rotatable bonds is 5. The summed E-state index contributed by atoms with van der Waals surface area (Å²) in [5.41, 5.74) is 1.03. The van der Waals surface area contributed by atoms with Crippen molar-refractivity contribution in [2.24, 2.45) is 5.92 Å². The van der Waals surface area contributed by atoms with Crippen molar-refractivity contribution in [2.75, 3.05) is 19.5 Å². The van der Waals surface area contributed by atoms with Crippen LogP contribution >= 0.6 is 15.9 Å². The second-order valence-electron chi connectivity index (χ2n) is 4.29. The molecule has 1 aliphatic rings. The highest BCUT2D eigenvalue weighted by atomic mass is 79.9. The third-order valence-corrected chi connectivity index (χ3v) is 3.90. The molecular weight excluding hydrogens is 282 g/mol. The van der Waals surface area contributed by atoms with Gasteiger partial charge >= 0.3 is 0 Å². The van der Waals surface area contributed by atoms with Crippen molar-refractivity contribution in [3.05, 3.63) is 16.0 Å². The Kier molecular flexibility index (Phi) is 3.99. The second kappa shape index (κ2) is 5.31. The molecule has 17 heavy (non-hydrogen) atoms. The number of anilines is 1. The highest BCUT2D eigenvalue weighted by Crippen LogP contribution is 2.42. The zero-order valence-corrected chi connectivity index (χ0v) is 12.0. The summed E-state index contributed by atoms with van der Waals surface area (Å²) in [6, 6.07) is 0. The largest absolute Gasteiger partial charge is 0.373 e. The molecule has 1 N–H and O–H groups in total. The van der Waals surface area contributed by atoms with Crippen molar-refractivity contribution in [3.63, 3.8) is 0 Å². The van der Waals surface area contributed by atoms with Gasteiger partial charge < -0.3 is 10.1 Å². The van der Waals surface area contributed by atoms with Gasteiger partial charge in [0, 0.05) is 14.2 Å². The van der Waals surface area contributed by atoms with E-state index in [1.165, 1.54) is 12.8 Å². The molecule has 1 fully saturated rings. The fraction of sp³-hybridized carbons (Fsp3) is 0.667. The molecule has 0 amide bonds. The first kappa shape index (κ1) is 12.8. The van der Waals surface area contributed by atoms with Gasteiger partial charge in [0.25, 0.3) is 0 Å². The quantitative estimate of drug-likeness (QED) is 0.908. The first-order valence-corrected chi connectivity index (χ1v) is 6.77. The maximum atomic E-state index is 5.53. The molecule has 0 radical (unpaired) electrons. The molecule has 1 heterocycles. The molecule has 1 saturated carbocycles. The zero-order chi connectivity index (χ0) is 12.4. The normalized spacial score (nSPS) is 16.9. The van der Waals surface area contributed by atoms with Gasteiger partial charge in [-0.2, -0.15) is 0 Å². The summed E-state index contributed by atoms with van der Waals surface area (Å²) < 4.78 is 6.49. The predicted octanol–water partition coefficient (Wildman–Crippen LogP) is 2.94. The number of hydrogen-bond acceptors (Lipinski definition) is 4. The lowest BCUT2D eigenvalue weighted by molar-refractivity contribution is 0.0771. The van der Waals surface area contributed by atoms with Crippen molar-refractivity contribution in [3.8, 4) is 0 Å². The molecule has 0 saturated heterocycles. The summed E-state index contributed by atoms with van der Waals surface area (Å²) in [4.78, 5) is 9.15. The molecule has 0 spiro atoms. The third kappa shape index (κ3) is 2.60. The predicted molar refractivity (Wildman–Crippen MR) is 71.1 cm³/mol. The Bertz CT molecular complexity index is 382. The van der Waals surface area contributed by atoms with Gasteiger partial charge in [-0.05, 0) is 41.1 Å². The minimum atomic E-state index is 0.0421. The Labute approximate surface area is 110 Å². The summed E-state index contributed by atoms with van der Waals surface area (Å²) >= 11 is 3.53. The summed E-state index contributed by atoms with van der Waals surface area (Å²) in [5, 5.41) is 3.10. The van der Waals surface area contributed by atoms with E-state index < -0.39 is 0 Å². The molecule has 5 heteroatoms. The molecule has 1 aliphatic carbocycles. The summed E-state index contributed by atoms with van der Waals surface area (Å²) in [7, 11) is 3.61. The Hall–Kier alpha value is -0.680. The van der Waals surface area contributed by atoms with Crippen LogP contribution in [0.5, 0.6) is 0 Å². The molecule has 1 atom stereocenters. The maximum absolute atomic E-state index is 5.53. The van der Waals surface area contributed by atoms with Gasteiger partial charge in [-0.3, -0.25) is 0 Å². The fourth-order valence-electron chi connectivity index (χ4n) is 1.95. The van der Waals surface area contributed by atoms with Crippen molar-refractivity contribution in [1.82, 2.24) is 9.97 Å². The number of hydrogen-bond donors (Lipinski definition) is 1. The lowest BCUT2D eigenvalue weighted by atomic mass is 10.2. The Balaban J connectivity index is 2.38. The van der Waals surface area contributed by atoms with Crippen LogP contribution in [0.1, 0.15) is 37.4 Å². The van der Waals surface area contributed by atoms with Crippen molar-refractivity contribution >= 4 is 21.7 Å². The number of nitrogens with one attached hydrogen (secondary N) is 1. The van der Waals surface area contributed by atoms with Gasteiger partial charge in [0.2, 0.25) is 0 Å². The Morgan fingerprint density at radius 3 is 2.65 bits per heavy atom. The van der Waals surface area contributed by atoms with Gasteiger partial charge in [0.15, 0.2) is 5.82 Å². The zero-order valence-electron chi connectivity index (χ0n) is 10.5. The van der Waals surface area contributed by atoms with Gasteiger partial charge in [-0.15, -0.1) is 0 Å². The minimum Gasteiger partial charge on any atom is -0.373 e. The van der Waals surface area contributed by atoms with Crippen LogP contribution in [0.2, 0.25) is 0 Å². The first-order chi connectivity index (χ1) is 8.21. The molecule has 0 bridgehead atoms. The SMILES string of the molecule is CCc1nc(C(OC)C2CC2)nc(NC)c1Br. The number of aromatic nitrogens is 2. The molecule has 94 valence electrons. The van der Waals surface area contributed by atoms with E-state index in [9.17, 15) is 0 Å². The summed E-state index contributed by atoms with van der Waals surface area (Å²) in [5.74, 6) is 2.24. The topological polar surface area (TPSA) is 47.0 Å². The number of nitrogens with zero attached hydrogens (tertiary/aromatic N) is 2. The molecule has 0 aromatic carbocycles. The maximum Gasteiger partial charge on any atom is 0.160 e. The number of ether oxygens (including phenoxy) is 1. The third-order valence-electron chi connectivity index (χ3n) is 3.07. The van der Waals surface area contributed by atoms with E-state index in [1.54, 1.807) is 7.11 Å². The van der Waals surface area contributed by atoms with Gasteiger partial charge in [0.1, 0.15) is 11.9 Å². The minimum absolute atomic E-state index is 0.0421. The average Bonchev–Trinajstić information content (AvgIpc) is 3.16. The Morgan fingerprint density at radius 1 is 1.47 bits per heavy atom. The van der Waals surface area contributed by atoms with Crippen molar-refractivity contribution in [1.29, 1.82) is 0 Å². The van der Waals surface area contributed by atoms with Crippen LogP contribution in [-0.4, -0.2) is 24.1 Å². The van der Waals surface area contributed by atoms with Crippen LogP contribution in [0.25, 0.3) is 0 Å². The summed E-state index contributed by atoms with van der Waals surface area (Å²) in [6.45, 7) is 2.09. The first-order valence-electron chi connectivity index (χ1n) is 5.98. The second-order valence-corrected chi connectivity index (χ2v) is 5.08. The molecule has 1 unspecified atom stereocenters. The van der Waals surface area contributed by atoms with Gasteiger partial charge in [-0.25, -0.2) is 9.97 Å². The van der Waals surface area contributed by atoms with Crippen LogP contribution < -0.4 is 5.32 Å². The monoisotopic (exact) mass is 299 g/mol. The number of aryl methyl sites for hydroxylation is 1. The van der Waals surface area contributed by atoms with Gasteiger partial charge in [0.05, 0.1) is 10.2 Å². The number of methoxy groups -OCH3 is 1. The molecule has 0 aliphatic heterocycles. The molecule has 1 aromatic rings. The van der Waals surface area contributed by atoms with Crippen LogP contribution in [0.3, 0.4) is 0 Å². The van der Waals surface area contributed by atoms with E-state index in [0.29, 0.717) is 5.92 Å².